The van der Waals surface area contributed by atoms with Gasteiger partial charge in [-0.1, -0.05) is 0 Å². The highest BCUT2D eigenvalue weighted by atomic mass is 32.1. The molecule has 5 N–H and O–H groups in total. The van der Waals surface area contributed by atoms with Crippen molar-refractivity contribution in [2.75, 3.05) is 7.05 Å². The molecule has 0 atom stereocenters. The Kier molecular flexibility index (Phi) is 2.20. The Labute approximate surface area is 53.0 Å². The first-order valence-electron chi connectivity index (χ1n) is 1.93. The fourth-order valence-corrected chi connectivity index (χ4v) is 0.217. The summed E-state index contributed by atoms with van der Waals surface area (Å²) in [6.07, 6.45) is 0. The Hall–Kier alpha value is -0.840. The monoisotopic (exact) mass is 132 g/mol. The van der Waals surface area contributed by atoms with Crippen molar-refractivity contribution in [2.24, 2.45) is 11.5 Å². The van der Waals surface area contributed by atoms with Gasteiger partial charge in [0.15, 0.2) is 11.1 Å². The van der Waals surface area contributed by atoms with Crippen molar-refractivity contribution >= 4 is 23.3 Å². The van der Waals surface area contributed by atoms with E-state index < -0.39 is 0 Å². The minimum absolute atomic E-state index is 0.109. The number of rotatable bonds is 0. The first-order valence-corrected chi connectivity index (χ1v) is 2.33. The third-order valence-electron chi connectivity index (χ3n) is 0.692. The Morgan fingerprint density at radius 3 is 2.00 bits per heavy atom. The van der Waals surface area contributed by atoms with Crippen LogP contribution in [0.2, 0.25) is 0 Å². The molecule has 0 aromatic heterocycles. The minimum atomic E-state index is -0.141. The highest BCUT2D eigenvalue weighted by molar-refractivity contribution is 7.80. The normalized spacial score (nSPS) is 8.12. The number of thiocarbonyl (C=S) groups is 1. The van der Waals surface area contributed by atoms with Crippen molar-refractivity contribution < 1.29 is 0 Å². The maximum Gasteiger partial charge on any atom is 0.194 e. The Morgan fingerprint density at radius 2 is 2.00 bits per heavy atom. The zero-order chi connectivity index (χ0) is 6.73. The molecule has 0 heterocycles. The van der Waals surface area contributed by atoms with Gasteiger partial charge in [0.25, 0.3) is 0 Å². The van der Waals surface area contributed by atoms with Gasteiger partial charge in [-0.05, 0) is 12.2 Å². The average Bonchev–Trinajstić information content (AvgIpc) is 1.64. The van der Waals surface area contributed by atoms with E-state index in [4.69, 9.17) is 16.9 Å². The molecule has 0 aliphatic heterocycles. The Morgan fingerprint density at radius 1 is 1.62 bits per heavy atom. The van der Waals surface area contributed by atoms with Crippen LogP contribution >= 0.6 is 12.2 Å². The van der Waals surface area contributed by atoms with E-state index in [1.165, 1.54) is 11.9 Å². The lowest BCUT2D eigenvalue weighted by atomic mass is 10.8. The van der Waals surface area contributed by atoms with E-state index in [1.54, 1.807) is 0 Å². The van der Waals surface area contributed by atoms with Crippen LogP contribution in [-0.2, 0) is 0 Å². The molecule has 5 heteroatoms. The number of nitrogens with two attached hydrogens (primary N) is 2. The van der Waals surface area contributed by atoms with Gasteiger partial charge in [0.1, 0.15) is 0 Å². The molecule has 0 bridgehead atoms. The summed E-state index contributed by atoms with van der Waals surface area (Å²) in [5, 5.41) is 6.88. The highest BCUT2D eigenvalue weighted by Crippen LogP contribution is 1.75. The molecule has 0 aliphatic rings. The lowest BCUT2D eigenvalue weighted by molar-refractivity contribution is 0.740. The summed E-state index contributed by atoms with van der Waals surface area (Å²) < 4.78 is 0. The second kappa shape index (κ2) is 2.46. The zero-order valence-electron chi connectivity index (χ0n) is 4.51. The summed E-state index contributed by atoms with van der Waals surface area (Å²) in [4.78, 5) is 1.20. The van der Waals surface area contributed by atoms with Gasteiger partial charge in [-0.3, -0.25) is 10.3 Å². The van der Waals surface area contributed by atoms with Crippen LogP contribution < -0.4 is 11.5 Å². The van der Waals surface area contributed by atoms with E-state index >= 15 is 0 Å². The fourth-order valence-electron chi connectivity index (χ4n) is 0.119. The van der Waals surface area contributed by atoms with Gasteiger partial charge >= 0.3 is 0 Å². The molecule has 46 valence electrons. The molecule has 0 rings (SSSR count). The molecule has 0 spiro atoms. The number of nitrogens with one attached hydrogen (secondary N) is 1. The van der Waals surface area contributed by atoms with Crippen LogP contribution in [0.25, 0.3) is 0 Å². The van der Waals surface area contributed by atoms with Crippen LogP contribution in [0, 0.1) is 5.41 Å². The molecule has 0 saturated heterocycles. The van der Waals surface area contributed by atoms with E-state index in [0.29, 0.717) is 0 Å². The zero-order valence-corrected chi connectivity index (χ0v) is 5.33. The van der Waals surface area contributed by atoms with E-state index in [1.807, 2.05) is 0 Å². The van der Waals surface area contributed by atoms with E-state index in [9.17, 15) is 0 Å². The third kappa shape index (κ3) is 1.74. The lowest BCUT2D eigenvalue weighted by Crippen LogP contribution is -2.41. The van der Waals surface area contributed by atoms with Crippen LogP contribution in [0.5, 0.6) is 0 Å². The molecule has 4 nitrogen and oxygen atoms in total. The van der Waals surface area contributed by atoms with Crippen LogP contribution in [0.3, 0.4) is 0 Å². The van der Waals surface area contributed by atoms with Gasteiger partial charge < -0.3 is 11.5 Å². The molecule has 0 aromatic rings. The van der Waals surface area contributed by atoms with Gasteiger partial charge in [0, 0.05) is 7.05 Å². The predicted molar refractivity (Wildman–Crippen MR) is 36.5 cm³/mol. The SMILES string of the molecule is CN(C(=N)N)C(N)=S. The van der Waals surface area contributed by atoms with Crippen molar-refractivity contribution in [2.45, 2.75) is 0 Å². The van der Waals surface area contributed by atoms with Crippen molar-refractivity contribution in [1.82, 2.24) is 4.90 Å². The quantitative estimate of drug-likeness (QED) is 0.226. The summed E-state index contributed by atoms with van der Waals surface area (Å²) in [5.41, 5.74) is 10.1. The van der Waals surface area contributed by atoms with Gasteiger partial charge in [0.05, 0.1) is 0 Å². The summed E-state index contributed by atoms with van der Waals surface area (Å²) >= 11 is 4.48. The largest absolute Gasteiger partial charge is 0.376 e. The van der Waals surface area contributed by atoms with Crippen molar-refractivity contribution in [3.63, 3.8) is 0 Å². The van der Waals surface area contributed by atoms with E-state index in [2.05, 4.69) is 12.2 Å². The molecule has 0 saturated carbocycles. The van der Waals surface area contributed by atoms with Crippen LogP contribution in [0.1, 0.15) is 0 Å². The lowest BCUT2D eigenvalue weighted by Gasteiger charge is -2.12. The number of hydrogen-bond donors (Lipinski definition) is 3. The standard InChI is InChI=1S/C3H8N4S/c1-7(2(4)5)3(6)8/h1H3,(H3,4,5)(H2,6,8). The van der Waals surface area contributed by atoms with Crippen molar-refractivity contribution in [3.8, 4) is 0 Å². The molecule has 0 aliphatic carbocycles. The maximum atomic E-state index is 6.77. The van der Waals surface area contributed by atoms with Gasteiger partial charge in [-0.2, -0.15) is 0 Å². The van der Waals surface area contributed by atoms with Crippen LogP contribution in [0.4, 0.5) is 0 Å². The molecule has 0 fully saturated rings. The van der Waals surface area contributed by atoms with Gasteiger partial charge in [-0.25, -0.2) is 0 Å². The number of hydrogen-bond acceptors (Lipinski definition) is 2. The molecule has 0 unspecified atom stereocenters. The molecule has 0 radical (unpaired) electrons. The van der Waals surface area contributed by atoms with Crippen molar-refractivity contribution in [3.05, 3.63) is 0 Å². The minimum Gasteiger partial charge on any atom is -0.376 e. The Balaban J connectivity index is 3.83. The summed E-state index contributed by atoms with van der Waals surface area (Å²) in [6.45, 7) is 0. The van der Waals surface area contributed by atoms with E-state index in [-0.39, 0.29) is 11.1 Å². The second-order valence-electron chi connectivity index (χ2n) is 1.28. The smallest absolute Gasteiger partial charge is 0.194 e. The van der Waals surface area contributed by atoms with E-state index in [0.717, 1.165) is 0 Å². The Bertz CT molecular complexity index is 106. The second-order valence-corrected chi connectivity index (χ2v) is 1.70. The predicted octanol–water partition coefficient (Wildman–Crippen LogP) is -0.945. The fraction of sp³-hybridized carbons (Fsp3) is 0.333. The molecule has 0 amide bonds. The van der Waals surface area contributed by atoms with Crippen LogP contribution in [-0.4, -0.2) is 23.0 Å². The highest BCUT2D eigenvalue weighted by Gasteiger charge is 1.98. The number of guanidine groups is 1. The van der Waals surface area contributed by atoms with Gasteiger partial charge in [-0.15, -0.1) is 0 Å². The van der Waals surface area contributed by atoms with Gasteiger partial charge in [0.2, 0.25) is 0 Å². The molecule has 8 heavy (non-hydrogen) atoms. The third-order valence-corrected chi connectivity index (χ3v) is 0.966. The number of nitrogens with zero attached hydrogens (tertiary/aromatic N) is 1. The topological polar surface area (TPSA) is 79.1 Å². The first-order chi connectivity index (χ1) is 3.55. The molecule has 0 aromatic carbocycles. The average molecular weight is 132 g/mol. The first kappa shape index (κ1) is 7.16. The summed E-state index contributed by atoms with van der Waals surface area (Å²) in [7, 11) is 1.53. The molecular weight excluding hydrogens is 124 g/mol. The summed E-state index contributed by atoms with van der Waals surface area (Å²) in [5.74, 6) is -0.141. The van der Waals surface area contributed by atoms with Crippen molar-refractivity contribution in [1.29, 1.82) is 5.41 Å². The summed E-state index contributed by atoms with van der Waals surface area (Å²) in [6, 6.07) is 0. The molecular formula is C3H8N4S. The van der Waals surface area contributed by atoms with Crippen LogP contribution in [0.15, 0.2) is 0 Å². The maximum absolute atomic E-state index is 6.77.